The summed E-state index contributed by atoms with van der Waals surface area (Å²) in [7, 11) is 0. The molecule has 94 valence electrons. The summed E-state index contributed by atoms with van der Waals surface area (Å²) in [6, 6.07) is 6.50. The molecule has 1 saturated carbocycles. The monoisotopic (exact) mass is 235 g/mol. The van der Waals surface area contributed by atoms with E-state index in [1.807, 2.05) is 13.0 Å². The molecule has 0 spiro atoms. The molecule has 1 fully saturated rings. The second-order valence-electron chi connectivity index (χ2n) is 4.49. The van der Waals surface area contributed by atoms with Gasteiger partial charge in [-0.25, -0.2) is 0 Å². The maximum atomic E-state index is 5.87. The van der Waals surface area contributed by atoms with Crippen molar-refractivity contribution in [1.29, 1.82) is 0 Å². The highest BCUT2D eigenvalue weighted by Crippen LogP contribution is 2.42. The Morgan fingerprint density at radius 3 is 2.59 bits per heavy atom. The molecule has 2 unspecified atom stereocenters. The second-order valence-corrected chi connectivity index (χ2v) is 4.49. The lowest BCUT2D eigenvalue weighted by molar-refractivity contribution is 0.276. The van der Waals surface area contributed by atoms with Gasteiger partial charge in [0.05, 0.1) is 13.2 Å². The van der Waals surface area contributed by atoms with Gasteiger partial charge in [0, 0.05) is 12.0 Å². The summed E-state index contributed by atoms with van der Waals surface area (Å²) in [5.74, 6) is 2.19. The van der Waals surface area contributed by atoms with Crippen LogP contribution in [0.15, 0.2) is 18.2 Å². The highest BCUT2D eigenvalue weighted by molar-refractivity contribution is 5.45. The second kappa shape index (κ2) is 5.41. The van der Waals surface area contributed by atoms with Crippen molar-refractivity contribution >= 4 is 0 Å². The van der Waals surface area contributed by atoms with Gasteiger partial charge in [-0.2, -0.15) is 0 Å². The molecule has 1 aliphatic carbocycles. The van der Waals surface area contributed by atoms with Crippen LogP contribution in [0.2, 0.25) is 0 Å². The molecule has 0 radical (unpaired) electrons. The number of nitrogens with two attached hydrogens (primary N) is 1. The predicted molar refractivity (Wildman–Crippen MR) is 68.7 cm³/mol. The summed E-state index contributed by atoms with van der Waals surface area (Å²) in [6.07, 6.45) is 2.08. The predicted octanol–water partition coefficient (Wildman–Crippen LogP) is 2.69. The first kappa shape index (κ1) is 12.2. The van der Waals surface area contributed by atoms with E-state index in [2.05, 4.69) is 19.1 Å². The first-order valence-corrected chi connectivity index (χ1v) is 6.41. The van der Waals surface area contributed by atoms with Gasteiger partial charge in [0.25, 0.3) is 0 Å². The van der Waals surface area contributed by atoms with Crippen LogP contribution in [-0.4, -0.2) is 19.3 Å². The number of benzene rings is 1. The smallest absolute Gasteiger partial charge is 0.161 e. The lowest BCUT2D eigenvalue weighted by Crippen LogP contribution is -2.03. The Kier molecular flexibility index (Phi) is 3.89. The summed E-state index contributed by atoms with van der Waals surface area (Å²) in [4.78, 5) is 0. The maximum absolute atomic E-state index is 5.87. The summed E-state index contributed by atoms with van der Waals surface area (Å²) >= 11 is 0. The van der Waals surface area contributed by atoms with Gasteiger partial charge >= 0.3 is 0 Å². The van der Waals surface area contributed by atoms with E-state index in [-0.39, 0.29) is 0 Å². The zero-order valence-electron chi connectivity index (χ0n) is 10.6. The zero-order valence-corrected chi connectivity index (χ0v) is 10.6. The zero-order chi connectivity index (χ0) is 12.3. The van der Waals surface area contributed by atoms with E-state index in [9.17, 15) is 0 Å². The molecule has 0 amide bonds. The van der Waals surface area contributed by atoms with E-state index in [0.717, 1.165) is 30.9 Å². The Hall–Kier alpha value is -1.22. The summed E-state index contributed by atoms with van der Waals surface area (Å²) in [5, 5.41) is 0. The highest BCUT2D eigenvalue weighted by Gasteiger charge is 2.35. The Bertz CT molecular complexity index is 378. The molecule has 0 aromatic heterocycles. The van der Waals surface area contributed by atoms with Gasteiger partial charge < -0.3 is 15.2 Å². The lowest BCUT2D eigenvalue weighted by atomic mass is 10.1. The fraction of sp³-hybridized carbons (Fsp3) is 0.571. The minimum atomic E-state index is 0.326. The number of rotatable bonds is 6. The molecule has 0 aliphatic heterocycles. The average molecular weight is 235 g/mol. The molecule has 0 saturated heterocycles. The van der Waals surface area contributed by atoms with Crippen molar-refractivity contribution in [3.8, 4) is 11.5 Å². The minimum Gasteiger partial charge on any atom is -0.490 e. The van der Waals surface area contributed by atoms with Gasteiger partial charge in [-0.05, 0) is 37.5 Å². The first-order chi connectivity index (χ1) is 8.26. The summed E-state index contributed by atoms with van der Waals surface area (Å²) in [5.41, 5.74) is 7.14. The van der Waals surface area contributed by atoms with E-state index in [1.54, 1.807) is 0 Å². The van der Waals surface area contributed by atoms with Crippen molar-refractivity contribution in [2.75, 3.05) is 13.2 Å². The molecule has 1 aromatic carbocycles. The van der Waals surface area contributed by atoms with Crippen LogP contribution < -0.4 is 15.2 Å². The largest absolute Gasteiger partial charge is 0.490 e. The molecule has 1 aromatic rings. The Labute approximate surface area is 103 Å². The Morgan fingerprint density at radius 2 is 2.00 bits per heavy atom. The molecule has 2 N–H and O–H groups in total. The highest BCUT2D eigenvalue weighted by atomic mass is 16.5. The van der Waals surface area contributed by atoms with Crippen LogP contribution >= 0.6 is 0 Å². The van der Waals surface area contributed by atoms with Crippen molar-refractivity contribution in [2.45, 2.75) is 38.6 Å². The molecule has 17 heavy (non-hydrogen) atoms. The van der Waals surface area contributed by atoms with Gasteiger partial charge in [0.2, 0.25) is 0 Å². The van der Waals surface area contributed by atoms with Crippen molar-refractivity contribution in [1.82, 2.24) is 0 Å². The van der Waals surface area contributed by atoms with Crippen LogP contribution in [0.1, 0.15) is 38.2 Å². The fourth-order valence-electron chi connectivity index (χ4n) is 1.95. The number of ether oxygens (including phenoxy) is 2. The molecular weight excluding hydrogens is 214 g/mol. The molecule has 2 rings (SSSR count). The van der Waals surface area contributed by atoms with E-state index in [1.165, 1.54) is 5.56 Å². The van der Waals surface area contributed by atoms with Crippen molar-refractivity contribution in [3.63, 3.8) is 0 Å². The molecule has 2 atom stereocenters. The number of hydrogen-bond acceptors (Lipinski definition) is 3. The van der Waals surface area contributed by atoms with Crippen molar-refractivity contribution in [2.24, 2.45) is 5.73 Å². The minimum absolute atomic E-state index is 0.326. The first-order valence-electron chi connectivity index (χ1n) is 6.41. The molecule has 3 nitrogen and oxygen atoms in total. The van der Waals surface area contributed by atoms with Gasteiger partial charge in [0.15, 0.2) is 11.5 Å². The standard InChI is InChI=1S/C14H21NO2/c1-3-7-17-13-6-5-10(11-9-12(11)15)8-14(13)16-4-2/h5-6,8,11-12H,3-4,7,9,15H2,1-2H3. The van der Waals surface area contributed by atoms with Crippen LogP contribution in [0.5, 0.6) is 11.5 Å². The number of hydrogen-bond donors (Lipinski definition) is 1. The molecule has 3 heteroatoms. The van der Waals surface area contributed by atoms with E-state index in [4.69, 9.17) is 15.2 Å². The normalized spacial score (nSPS) is 22.3. The molecule has 0 heterocycles. The third-order valence-electron chi connectivity index (χ3n) is 3.00. The third-order valence-corrected chi connectivity index (χ3v) is 3.00. The van der Waals surface area contributed by atoms with Gasteiger partial charge in [-0.1, -0.05) is 13.0 Å². The maximum Gasteiger partial charge on any atom is 0.161 e. The van der Waals surface area contributed by atoms with Crippen LogP contribution in [0.4, 0.5) is 0 Å². The van der Waals surface area contributed by atoms with Crippen LogP contribution in [0.3, 0.4) is 0 Å². The van der Waals surface area contributed by atoms with Crippen LogP contribution in [0.25, 0.3) is 0 Å². The molecule has 1 aliphatic rings. The van der Waals surface area contributed by atoms with E-state index >= 15 is 0 Å². The SMILES string of the molecule is CCCOc1ccc(C2CC2N)cc1OCC. The molecule has 0 bridgehead atoms. The third kappa shape index (κ3) is 2.91. The van der Waals surface area contributed by atoms with Gasteiger partial charge in [-0.15, -0.1) is 0 Å². The average Bonchev–Trinajstić information content (AvgIpc) is 3.05. The van der Waals surface area contributed by atoms with Crippen LogP contribution in [0, 0.1) is 0 Å². The van der Waals surface area contributed by atoms with Crippen molar-refractivity contribution in [3.05, 3.63) is 23.8 Å². The topological polar surface area (TPSA) is 44.5 Å². The van der Waals surface area contributed by atoms with Crippen molar-refractivity contribution < 1.29 is 9.47 Å². The molecular formula is C14H21NO2. The van der Waals surface area contributed by atoms with E-state index < -0.39 is 0 Å². The summed E-state index contributed by atoms with van der Waals surface area (Å²) in [6.45, 7) is 5.46. The Balaban J connectivity index is 2.15. The fourth-order valence-corrected chi connectivity index (χ4v) is 1.95. The quantitative estimate of drug-likeness (QED) is 0.824. The Morgan fingerprint density at radius 1 is 1.24 bits per heavy atom. The summed E-state index contributed by atoms with van der Waals surface area (Å²) < 4.78 is 11.3. The van der Waals surface area contributed by atoms with Gasteiger partial charge in [0.1, 0.15) is 0 Å². The lowest BCUT2D eigenvalue weighted by Gasteiger charge is -2.12. The van der Waals surface area contributed by atoms with Crippen LogP contribution in [-0.2, 0) is 0 Å². The van der Waals surface area contributed by atoms with Gasteiger partial charge in [-0.3, -0.25) is 0 Å². The van der Waals surface area contributed by atoms with E-state index in [0.29, 0.717) is 18.6 Å².